The van der Waals surface area contributed by atoms with Gasteiger partial charge >= 0.3 is 0 Å². The van der Waals surface area contributed by atoms with Gasteiger partial charge < -0.3 is 10.6 Å². The van der Waals surface area contributed by atoms with Gasteiger partial charge in [-0.05, 0) is 60.7 Å². The number of carbonyl (C=O) groups excluding carboxylic acids is 2. The van der Waals surface area contributed by atoms with Gasteiger partial charge in [0.1, 0.15) is 0 Å². The van der Waals surface area contributed by atoms with Crippen LogP contribution in [0.15, 0.2) is 72.8 Å². The Balaban J connectivity index is 1.62. The monoisotopic (exact) mass is 454 g/mol. The number of hydrogen-bond donors (Lipinski definition) is 3. The predicted molar refractivity (Wildman–Crippen MR) is 123 cm³/mol. The van der Waals surface area contributed by atoms with Crippen LogP contribution in [0.4, 0.5) is 17.1 Å². The highest BCUT2D eigenvalue weighted by atomic mass is 35.5. The van der Waals surface area contributed by atoms with Crippen LogP contribution in [0.25, 0.3) is 0 Å². The molecule has 0 heterocycles. The van der Waals surface area contributed by atoms with E-state index in [2.05, 4.69) is 16.0 Å². The largest absolute Gasteiger partial charge is 0.332 e. The van der Waals surface area contributed by atoms with Gasteiger partial charge in [-0.25, -0.2) is 0 Å². The van der Waals surface area contributed by atoms with E-state index in [1.165, 1.54) is 24.3 Å². The number of benzene rings is 3. The van der Waals surface area contributed by atoms with Crippen LogP contribution in [0.1, 0.15) is 20.7 Å². The summed E-state index contributed by atoms with van der Waals surface area (Å²) in [6.07, 6.45) is 0. The highest BCUT2D eigenvalue weighted by Crippen LogP contribution is 2.17. The molecule has 0 unspecified atom stereocenters. The lowest BCUT2D eigenvalue weighted by Gasteiger charge is -2.11. The van der Waals surface area contributed by atoms with Gasteiger partial charge in [0.05, 0.1) is 4.92 Å². The van der Waals surface area contributed by atoms with Crippen molar-refractivity contribution in [1.82, 2.24) is 5.32 Å². The van der Waals surface area contributed by atoms with Crippen LogP contribution in [0.5, 0.6) is 0 Å². The van der Waals surface area contributed by atoms with Crippen LogP contribution < -0.4 is 16.0 Å². The van der Waals surface area contributed by atoms with E-state index in [1.54, 1.807) is 48.5 Å². The minimum absolute atomic E-state index is 0.00996. The van der Waals surface area contributed by atoms with Gasteiger partial charge in [0.25, 0.3) is 17.5 Å². The lowest BCUT2D eigenvalue weighted by molar-refractivity contribution is -0.384. The van der Waals surface area contributed by atoms with E-state index >= 15 is 0 Å². The topological polar surface area (TPSA) is 113 Å². The molecule has 10 heteroatoms. The number of thiocarbonyl (C=S) groups is 1. The van der Waals surface area contributed by atoms with E-state index in [9.17, 15) is 19.7 Å². The molecule has 3 aromatic carbocycles. The number of amides is 2. The number of rotatable bonds is 5. The smallest absolute Gasteiger partial charge is 0.269 e. The predicted octanol–water partition coefficient (Wildman–Crippen LogP) is 4.63. The lowest BCUT2D eigenvalue weighted by atomic mass is 10.2. The molecule has 8 nitrogen and oxygen atoms in total. The Bertz CT molecular complexity index is 1170. The molecule has 0 spiro atoms. The molecule has 0 aliphatic rings. The summed E-state index contributed by atoms with van der Waals surface area (Å²) in [6, 6.07) is 18.4. The molecule has 156 valence electrons. The van der Waals surface area contributed by atoms with E-state index in [1.807, 2.05) is 0 Å². The summed E-state index contributed by atoms with van der Waals surface area (Å²) < 4.78 is 0. The average Bonchev–Trinajstić information content (AvgIpc) is 2.74. The van der Waals surface area contributed by atoms with Gasteiger partial charge in [-0.2, -0.15) is 0 Å². The number of hydrogen-bond acceptors (Lipinski definition) is 5. The Labute approximate surface area is 187 Å². The number of carbonyl (C=O) groups is 2. The number of non-ortho nitro benzene ring substituents is 1. The number of nitrogens with zero attached hydrogens (tertiary/aromatic N) is 1. The fourth-order valence-electron chi connectivity index (χ4n) is 2.58. The van der Waals surface area contributed by atoms with Gasteiger partial charge in [-0.1, -0.05) is 23.7 Å². The van der Waals surface area contributed by atoms with Crippen LogP contribution in [0, 0.1) is 10.1 Å². The van der Waals surface area contributed by atoms with Crippen molar-refractivity contribution in [2.45, 2.75) is 0 Å². The summed E-state index contributed by atoms with van der Waals surface area (Å²) >= 11 is 11.1. The zero-order chi connectivity index (χ0) is 22.4. The third-order valence-electron chi connectivity index (χ3n) is 4.03. The van der Waals surface area contributed by atoms with E-state index in [0.717, 1.165) is 0 Å². The maximum atomic E-state index is 12.5. The zero-order valence-electron chi connectivity index (χ0n) is 15.8. The molecule has 0 fully saturated rings. The third kappa shape index (κ3) is 6.08. The second-order valence-electron chi connectivity index (χ2n) is 6.26. The standard InChI is InChI=1S/C21H15ClN4O4S/c22-15-4-2-6-17(12-15)23-20(28)14-3-1-5-16(11-14)24-21(31)25-19(27)13-7-9-18(10-8-13)26(29)30/h1-12H,(H,23,28)(H2,24,25,27,31). The minimum atomic E-state index is -0.552. The molecule has 3 aromatic rings. The molecule has 0 saturated carbocycles. The zero-order valence-corrected chi connectivity index (χ0v) is 17.4. The molecule has 0 bridgehead atoms. The van der Waals surface area contributed by atoms with Crippen molar-refractivity contribution in [2.24, 2.45) is 0 Å². The van der Waals surface area contributed by atoms with Gasteiger partial charge in [0.15, 0.2) is 5.11 Å². The first-order valence-corrected chi connectivity index (χ1v) is 9.64. The molecule has 0 saturated heterocycles. The van der Waals surface area contributed by atoms with E-state index < -0.39 is 10.8 Å². The molecule has 0 aliphatic carbocycles. The number of nitro benzene ring substituents is 1. The lowest BCUT2D eigenvalue weighted by Crippen LogP contribution is -2.34. The number of nitro groups is 1. The summed E-state index contributed by atoms with van der Waals surface area (Å²) in [5, 5.41) is 19.3. The summed E-state index contributed by atoms with van der Waals surface area (Å²) in [7, 11) is 0. The van der Waals surface area contributed by atoms with Gasteiger partial charge in [0, 0.05) is 39.7 Å². The number of nitrogens with one attached hydrogen (secondary N) is 3. The molecule has 0 radical (unpaired) electrons. The molecule has 0 atom stereocenters. The van der Waals surface area contributed by atoms with Crippen LogP contribution in [-0.2, 0) is 0 Å². The quantitative estimate of drug-likeness (QED) is 0.294. The molecule has 0 aliphatic heterocycles. The first-order chi connectivity index (χ1) is 14.8. The van der Waals surface area contributed by atoms with Crippen molar-refractivity contribution >= 4 is 57.8 Å². The Morgan fingerprint density at radius 1 is 0.839 bits per heavy atom. The highest BCUT2D eigenvalue weighted by molar-refractivity contribution is 7.80. The SMILES string of the molecule is O=C(NC(=S)Nc1cccc(C(=O)Nc2cccc(Cl)c2)c1)c1ccc([N+](=O)[O-])cc1. The van der Waals surface area contributed by atoms with Crippen LogP contribution >= 0.6 is 23.8 Å². The maximum absolute atomic E-state index is 12.5. The fraction of sp³-hybridized carbons (Fsp3) is 0. The molecular formula is C21H15ClN4O4S. The summed E-state index contributed by atoms with van der Waals surface area (Å²) in [5.74, 6) is -0.867. The molecule has 3 rings (SSSR count). The first kappa shape index (κ1) is 21.9. The Hall–Kier alpha value is -3.82. The second kappa shape index (κ2) is 9.79. The van der Waals surface area contributed by atoms with Gasteiger partial charge in [-0.15, -0.1) is 0 Å². The average molecular weight is 455 g/mol. The maximum Gasteiger partial charge on any atom is 0.269 e. The number of halogens is 1. The minimum Gasteiger partial charge on any atom is -0.332 e. The Morgan fingerprint density at radius 2 is 1.48 bits per heavy atom. The highest BCUT2D eigenvalue weighted by Gasteiger charge is 2.12. The molecule has 2 amide bonds. The van der Waals surface area contributed by atoms with Crippen molar-refractivity contribution in [3.05, 3.63) is 99.1 Å². The van der Waals surface area contributed by atoms with Crippen molar-refractivity contribution < 1.29 is 14.5 Å². The summed E-state index contributed by atoms with van der Waals surface area (Å²) in [4.78, 5) is 34.9. The van der Waals surface area contributed by atoms with Crippen LogP contribution in [-0.4, -0.2) is 21.9 Å². The Morgan fingerprint density at radius 3 is 2.13 bits per heavy atom. The van der Waals surface area contributed by atoms with E-state index in [4.69, 9.17) is 23.8 Å². The normalized spacial score (nSPS) is 10.1. The van der Waals surface area contributed by atoms with Crippen LogP contribution in [0.3, 0.4) is 0 Å². The van der Waals surface area contributed by atoms with Gasteiger partial charge in [-0.3, -0.25) is 25.0 Å². The summed E-state index contributed by atoms with van der Waals surface area (Å²) in [5.41, 5.74) is 1.51. The van der Waals surface area contributed by atoms with Crippen LogP contribution in [0.2, 0.25) is 5.02 Å². The molecule has 0 aromatic heterocycles. The third-order valence-corrected chi connectivity index (χ3v) is 4.47. The van der Waals surface area contributed by atoms with Crippen molar-refractivity contribution in [2.75, 3.05) is 10.6 Å². The van der Waals surface area contributed by atoms with Gasteiger partial charge in [0.2, 0.25) is 0 Å². The molecule has 31 heavy (non-hydrogen) atoms. The van der Waals surface area contributed by atoms with Crippen molar-refractivity contribution in [3.63, 3.8) is 0 Å². The van der Waals surface area contributed by atoms with E-state index in [-0.39, 0.29) is 22.3 Å². The second-order valence-corrected chi connectivity index (χ2v) is 7.10. The van der Waals surface area contributed by atoms with E-state index in [0.29, 0.717) is 22.0 Å². The van der Waals surface area contributed by atoms with Crippen molar-refractivity contribution in [3.8, 4) is 0 Å². The Kier molecular flexibility index (Phi) is 6.91. The molecular weight excluding hydrogens is 440 g/mol. The number of anilines is 2. The molecule has 3 N–H and O–H groups in total. The van der Waals surface area contributed by atoms with Crippen molar-refractivity contribution in [1.29, 1.82) is 0 Å². The summed E-state index contributed by atoms with van der Waals surface area (Å²) in [6.45, 7) is 0. The fourth-order valence-corrected chi connectivity index (χ4v) is 2.98. The first-order valence-electron chi connectivity index (χ1n) is 8.85.